The predicted octanol–water partition coefficient (Wildman–Crippen LogP) is 2.97. The average molecular weight is 217 g/mol. The molecule has 1 aromatic heterocycles. The Labute approximate surface area is 96.5 Å². The van der Waals surface area contributed by atoms with E-state index in [1.54, 1.807) is 0 Å². The number of nitrogens with zero attached hydrogens (tertiary/aromatic N) is 1. The van der Waals surface area contributed by atoms with E-state index in [0.29, 0.717) is 0 Å². The van der Waals surface area contributed by atoms with Gasteiger partial charge in [-0.15, -0.1) is 0 Å². The number of hydrogen-bond acceptors (Lipinski definition) is 1. The highest BCUT2D eigenvalue weighted by molar-refractivity contribution is 5.83. The predicted molar refractivity (Wildman–Crippen MR) is 67.6 cm³/mol. The average Bonchev–Trinajstić information content (AvgIpc) is 2.63. The first kappa shape index (κ1) is 11.2. The number of rotatable bonds is 4. The van der Waals surface area contributed by atoms with Gasteiger partial charge in [-0.2, -0.15) is 0 Å². The zero-order chi connectivity index (χ0) is 11.5. The van der Waals surface area contributed by atoms with Crippen molar-refractivity contribution >= 4 is 10.9 Å². The van der Waals surface area contributed by atoms with E-state index in [1.165, 1.54) is 16.5 Å². The lowest BCUT2D eigenvalue weighted by Crippen LogP contribution is -2.04. The van der Waals surface area contributed by atoms with Gasteiger partial charge in [-0.3, -0.25) is 0 Å². The molecule has 0 saturated carbocycles. The molecule has 0 saturated heterocycles. The van der Waals surface area contributed by atoms with Crippen molar-refractivity contribution < 1.29 is 5.11 Å². The molecular weight excluding hydrogens is 198 g/mol. The van der Waals surface area contributed by atoms with Crippen molar-refractivity contribution in [3.05, 3.63) is 36.0 Å². The summed E-state index contributed by atoms with van der Waals surface area (Å²) in [6.07, 6.45) is 3.73. The molecule has 16 heavy (non-hydrogen) atoms. The number of aliphatic hydroxyl groups is 1. The molecule has 2 heteroatoms. The molecule has 1 aromatic carbocycles. The van der Waals surface area contributed by atoms with Crippen molar-refractivity contribution in [2.24, 2.45) is 0 Å². The lowest BCUT2D eigenvalue weighted by atomic mass is 10.0. The van der Waals surface area contributed by atoms with Crippen LogP contribution in [-0.4, -0.2) is 15.8 Å². The van der Waals surface area contributed by atoms with Crippen molar-refractivity contribution in [2.45, 2.75) is 39.3 Å². The molecule has 0 amide bonds. The van der Waals surface area contributed by atoms with E-state index in [1.807, 2.05) is 6.92 Å². The lowest BCUT2D eigenvalue weighted by molar-refractivity contribution is 0.196. The third kappa shape index (κ3) is 2.12. The number of benzene rings is 1. The molecule has 1 unspecified atom stereocenters. The first-order valence-electron chi connectivity index (χ1n) is 5.97. The van der Waals surface area contributed by atoms with Crippen molar-refractivity contribution in [2.75, 3.05) is 0 Å². The van der Waals surface area contributed by atoms with Crippen LogP contribution >= 0.6 is 0 Å². The topological polar surface area (TPSA) is 25.2 Å². The van der Waals surface area contributed by atoms with Gasteiger partial charge in [-0.05, 0) is 37.5 Å². The van der Waals surface area contributed by atoms with Gasteiger partial charge in [0.25, 0.3) is 0 Å². The van der Waals surface area contributed by atoms with E-state index < -0.39 is 0 Å². The minimum Gasteiger partial charge on any atom is -0.393 e. The molecule has 1 atom stereocenters. The Morgan fingerprint density at radius 1 is 1.31 bits per heavy atom. The number of hydrogen-bond donors (Lipinski definition) is 1. The van der Waals surface area contributed by atoms with Gasteiger partial charge < -0.3 is 9.67 Å². The summed E-state index contributed by atoms with van der Waals surface area (Å²) in [6, 6.07) is 8.48. The van der Waals surface area contributed by atoms with Gasteiger partial charge in [-0.25, -0.2) is 0 Å². The zero-order valence-electron chi connectivity index (χ0n) is 9.98. The molecule has 0 spiro atoms. The first-order chi connectivity index (χ1) is 7.72. The van der Waals surface area contributed by atoms with Crippen LogP contribution in [0.25, 0.3) is 10.9 Å². The fourth-order valence-corrected chi connectivity index (χ4v) is 2.22. The van der Waals surface area contributed by atoms with E-state index >= 15 is 0 Å². The van der Waals surface area contributed by atoms with Crippen LogP contribution in [0.15, 0.2) is 30.5 Å². The molecule has 2 rings (SSSR count). The SMILES string of the molecule is CCCn1ccc2c(CC(C)O)cccc21. The van der Waals surface area contributed by atoms with Gasteiger partial charge in [0, 0.05) is 23.6 Å². The molecule has 86 valence electrons. The number of aryl methyl sites for hydroxylation is 1. The Bertz CT molecular complexity index is 471. The number of fused-ring (bicyclic) bond motifs is 1. The first-order valence-corrected chi connectivity index (χ1v) is 5.97. The Hall–Kier alpha value is -1.28. The Balaban J connectivity index is 2.44. The van der Waals surface area contributed by atoms with Gasteiger partial charge in [0.2, 0.25) is 0 Å². The monoisotopic (exact) mass is 217 g/mol. The van der Waals surface area contributed by atoms with E-state index in [4.69, 9.17) is 0 Å². The minimum absolute atomic E-state index is 0.278. The lowest BCUT2D eigenvalue weighted by Gasteiger charge is -2.07. The highest BCUT2D eigenvalue weighted by Crippen LogP contribution is 2.21. The smallest absolute Gasteiger partial charge is 0.0552 e. The van der Waals surface area contributed by atoms with Crippen LogP contribution in [0.2, 0.25) is 0 Å². The van der Waals surface area contributed by atoms with Gasteiger partial charge in [0.05, 0.1) is 6.10 Å². The fourth-order valence-electron chi connectivity index (χ4n) is 2.22. The van der Waals surface area contributed by atoms with Crippen LogP contribution in [0.1, 0.15) is 25.8 Å². The number of aromatic nitrogens is 1. The Kier molecular flexibility index (Phi) is 3.30. The second-order valence-electron chi connectivity index (χ2n) is 4.41. The van der Waals surface area contributed by atoms with E-state index in [2.05, 4.69) is 42.0 Å². The minimum atomic E-state index is -0.278. The fraction of sp³-hybridized carbons (Fsp3) is 0.429. The van der Waals surface area contributed by atoms with Gasteiger partial charge in [-0.1, -0.05) is 19.1 Å². The number of aliphatic hydroxyl groups excluding tert-OH is 1. The van der Waals surface area contributed by atoms with Crippen LogP contribution in [0.4, 0.5) is 0 Å². The normalized spacial score (nSPS) is 13.2. The standard InChI is InChI=1S/C14H19NO/c1-3-8-15-9-7-13-12(10-11(2)16)5-4-6-14(13)15/h4-7,9,11,16H,3,8,10H2,1-2H3. The molecule has 2 nitrogen and oxygen atoms in total. The van der Waals surface area contributed by atoms with Crippen LogP contribution in [0, 0.1) is 0 Å². The summed E-state index contributed by atoms with van der Waals surface area (Å²) in [5.41, 5.74) is 2.52. The maximum Gasteiger partial charge on any atom is 0.0552 e. The largest absolute Gasteiger partial charge is 0.393 e. The third-order valence-electron chi connectivity index (χ3n) is 2.88. The Morgan fingerprint density at radius 3 is 2.81 bits per heavy atom. The molecule has 1 N–H and O–H groups in total. The molecule has 0 aliphatic rings. The molecule has 2 aromatic rings. The second-order valence-corrected chi connectivity index (χ2v) is 4.41. The third-order valence-corrected chi connectivity index (χ3v) is 2.88. The highest BCUT2D eigenvalue weighted by Gasteiger charge is 2.06. The Morgan fingerprint density at radius 2 is 2.12 bits per heavy atom. The van der Waals surface area contributed by atoms with Gasteiger partial charge >= 0.3 is 0 Å². The molecular formula is C14H19NO. The van der Waals surface area contributed by atoms with Gasteiger partial charge in [0.15, 0.2) is 0 Å². The van der Waals surface area contributed by atoms with Crippen LogP contribution in [0.5, 0.6) is 0 Å². The summed E-state index contributed by atoms with van der Waals surface area (Å²) < 4.78 is 2.28. The summed E-state index contributed by atoms with van der Waals surface area (Å²) in [5.74, 6) is 0. The molecule has 0 fully saturated rings. The summed E-state index contributed by atoms with van der Waals surface area (Å²) in [5, 5.41) is 10.7. The van der Waals surface area contributed by atoms with Gasteiger partial charge in [0.1, 0.15) is 0 Å². The summed E-state index contributed by atoms with van der Waals surface area (Å²) in [6.45, 7) is 5.08. The quantitative estimate of drug-likeness (QED) is 0.836. The molecule has 1 heterocycles. The maximum absolute atomic E-state index is 9.47. The molecule has 0 aliphatic heterocycles. The van der Waals surface area contributed by atoms with Crippen molar-refractivity contribution in [3.8, 4) is 0 Å². The summed E-state index contributed by atoms with van der Waals surface area (Å²) in [4.78, 5) is 0. The molecule has 0 aliphatic carbocycles. The molecule has 0 radical (unpaired) electrons. The van der Waals surface area contributed by atoms with Crippen molar-refractivity contribution in [3.63, 3.8) is 0 Å². The van der Waals surface area contributed by atoms with Crippen LogP contribution < -0.4 is 0 Å². The van der Waals surface area contributed by atoms with Crippen LogP contribution in [0.3, 0.4) is 0 Å². The van der Waals surface area contributed by atoms with Crippen molar-refractivity contribution in [1.29, 1.82) is 0 Å². The second kappa shape index (κ2) is 4.71. The zero-order valence-corrected chi connectivity index (χ0v) is 9.98. The maximum atomic E-state index is 9.47. The van der Waals surface area contributed by atoms with Crippen molar-refractivity contribution in [1.82, 2.24) is 4.57 Å². The van der Waals surface area contributed by atoms with Crippen LogP contribution in [-0.2, 0) is 13.0 Å². The molecule has 0 bridgehead atoms. The highest BCUT2D eigenvalue weighted by atomic mass is 16.3. The van der Waals surface area contributed by atoms with E-state index in [9.17, 15) is 5.11 Å². The summed E-state index contributed by atoms with van der Waals surface area (Å²) in [7, 11) is 0. The summed E-state index contributed by atoms with van der Waals surface area (Å²) >= 11 is 0. The van der Waals surface area contributed by atoms with E-state index in [0.717, 1.165) is 19.4 Å². The van der Waals surface area contributed by atoms with E-state index in [-0.39, 0.29) is 6.10 Å².